The summed E-state index contributed by atoms with van der Waals surface area (Å²) >= 11 is 0. The number of hydrogen-bond donors (Lipinski definition) is 0. The second-order valence-corrected chi connectivity index (χ2v) is 13.2. The molecule has 0 N–H and O–H groups in total. The monoisotopic (exact) mass is 594 g/mol. The predicted octanol–water partition coefficient (Wildman–Crippen LogP) is 9.86. The Balaban J connectivity index is 1.12. The summed E-state index contributed by atoms with van der Waals surface area (Å²) in [6.45, 7) is 4.73. The van der Waals surface area contributed by atoms with E-state index in [9.17, 15) is 0 Å². The van der Waals surface area contributed by atoms with E-state index in [1.807, 2.05) is 18.2 Å². The van der Waals surface area contributed by atoms with Gasteiger partial charge in [-0.3, -0.25) is 0 Å². The molecule has 222 valence electrons. The number of nitrogens with zero attached hydrogens (tertiary/aromatic N) is 4. The first kappa shape index (κ1) is 27.0. The third-order valence-electron chi connectivity index (χ3n) is 10.1. The lowest BCUT2D eigenvalue weighted by Gasteiger charge is -2.33. The zero-order valence-electron chi connectivity index (χ0n) is 26.1. The quantitative estimate of drug-likeness (QED) is 0.208. The molecule has 4 heteroatoms. The van der Waals surface area contributed by atoms with E-state index in [0.717, 1.165) is 35.4 Å². The van der Waals surface area contributed by atoms with Crippen molar-refractivity contribution >= 4 is 22.5 Å². The highest BCUT2D eigenvalue weighted by molar-refractivity contribution is 5.93. The summed E-state index contributed by atoms with van der Waals surface area (Å²) in [4.78, 5) is 17.4. The maximum absolute atomic E-state index is 5.00. The maximum Gasteiger partial charge on any atom is 0.164 e. The summed E-state index contributed by atoms with van der Waals surface area (Å²) < 4.78 is 0. The first-order chi connectivity index (χ1) is 22.6. The van der Waals surface area contributed by atoms with Crippen molar-refractivity contribution < 1.29 is 0 Å². The molecule has 0 radical (unpaired) electrons. The molecule has 2 atom stereocenters. The highest BCUT2D eigenvalue weighted by Gasteiger charge is 2.46. The smallest absolute Gasteiger partial charge is 0.164 e. The molecule has 0 fully saturated rings. The predicted molar refractivity (Wildman–Crippen MR) is 188 cm³/mol. The van der Waals surface area contributed by atoms with Gasteiger partial charge in [-0.1, -0.05) is 117 Å². The minimum Gasteiger partial charge on any atom is -0.333 e. The van der Waals surface area contributed by atoms with Crippen molar-refractivity contribution in [3.63, 3.8) is 0 Å². The number of para-hydroxylation sites is 1. The maximum atomic E-state index is 5.00. The molecular formula is C42H34N4. The third-order valence-corrected chi connectivity index (χ3v) is 10.1. The molecule has 0 saturated heterocycles. The Morgan fingerprint density at radius 2 is 1.39 bits per heavy atom. The van der Waals surface area contributed by atoms with Crippen LogP contribution in [0.5, 0.6) is 0 Å². The van der Waals surface area contributed by atoms with Crippen LogP contribution in [0, 0.1) is 0 Å². The Hall–Kier alpha value is -5.35. The largest absolute Gasteiger partial charge is 0.333 e. The lowest BCUT2D eigenvalue weighted by molar-refractivity contribution is 0.639. The molecule has 2 heterocycles. The number of fused-ring (bicyclic) bond motifs is 6. The molecule has 0 saturated carbocycles. The Kier molecular flexibility index (Phi) is 6.08. The van der Waals surface area contributed by atoms with Gasteiger partial charge >= 0.3 is 0 Å². The molecule has 1 aromatic heterocycles. The zero-order chi connectivity index (χ0) is 30.8. The van der Waals surface area contributed by atoms with Gasteiger partial charge in [0.1, 0.15) is 0 Å². The van der Waals surface area contributed by atoms with Crippen molar-refractivity contribution in [1.29, 1.82) is 0 Å². The SMILES string of the molecule is CC1(C)C2=CC3C(C=C2c2ccccc21)c1ccccc1N3c1ccc(-c2nc(C3=CC=CCC3)nc(-c3ccccc3)n2)cc1. The second-order valence-electron chi connectivity index (χ2n) is 13.2. The fourth-order valence-electron chi connectivity index (χ4n) is 7.81. The number of anilines is 2. The molecule has 0 bridgehead atoms. The summed E-state index contributed by atoms with van der Waals surface area (Å²) in [5, 5.41) is 0. The lowest BCUT2D eigenvalue weighted by atomic mass is 9.77. The Morgan fingerprint density at radius 3 is 2.17 bits per heavy atom. The van der Waals surface area contributed by atoms with Gasteiger partial charge in [0.05, 0.1) is 6.04 Å². The molecule has 0 spiro atoms. The second kappa shape index (κ2) is 10.3. The highest BCUT2D eigenvalue weighted by Crippen LogP contribution is 2.57. The Morgan fingerprint density at radius 1 is 0.696 bits per heavy atom. The van der Waals surface area contributed by atoms with Crippen molar-refractivity contribution in [3.05, 3.63) is 162 Å². The van der Waals surface area contributed by atoms with Crippen molar-refractivity contribution in [2.24, 2.45) is 0 Å². The van der Waals surface area contributed by atoms with Gasteiger partial charge in [0, 0.05) is 33.8 Å². The van der Waals surface area contributed by atoms with Crippen molar-refractivity contribution in [2.75, 3.05) is 4.90 Å². The fourth-order valence-corrected chi connectivity index (χ4v) is 7.81. The van der Waals surface area contributed by atoms with Gasteiger partial charge in [-0.15, -0.1) is 0 Å². The van der Waals surface area contributed by atoms with E-state index in [4.69, 9.17) is 15.0 Å². The minimum absolute atomic E-state index is 0.0336. The van der Waals surface area contributed by atoms with E-state index in [1.54, 1.807) is 0 Å². The summed E-state index contributed by atoms with van der Waals surface area (Å²) in [7, 11) is 0. The average molecular weight is 595 g/mol. The molecule has 2 unspecified atom stereocenters. The molecule has 4 aliphatic rings. The molecule has 1 aliphatic heterocycles. The summed E-state index contributed by atoms with van der Waals surface area (Å²) in [6, 6.07) is 37.0. The first-order valence-corrected chi connectivity index (χ1v) is 16.3. The Labute approximate surface area is 270 Å². The molecule has 46 heavy (non-hydrogen) atoms. The lowest BCUT2D eigenvalue weighted by Crippen LogP contribution is -2.31. The average Bonchev–Trinajstić information content (AvgIpc) is 3.56. The number of aromatic nitrogens is 3. The van der Waals surface area contributed by atoms with E-state index in [0.29, 0.717) is 11.6 Å². The minimum atomic E-state index is -0.0336. The molecule has 0 amide bonds. The first-order valence-electron chi connectivity index (χ1n) is 16.3. The Bertz CT molecular complexity index is 2130. The number of hydrogen-bond acceptors (Lipinski definition) is 4. The van der Waals surface area contributed by atoms with Crippen molar-refractivity contribution in [3.8, 4) is 22.8 Å². The topological polar surface area (TPSA) is 41.9 Å². The zero-order valence-corrected chi connectivity index (χ0v) is 26.1. The van der Waals surface area contributed by atoms with Crippen molar-refractivity contribution in [1.82, 2.24) is 15.0 Å². The van der Waals surface area contributed by atoms with Crippen LogP contribution in [0.3, 0.4) is 0 Å². The normalized spacial score (nSPS) is 20.2. The molecule has 3 aliphatic carbocycles. The van der Waals surface area contributed by atoms with Crippen LogP contribution in [0.2, 0.25) is 0 Å². The third kappa shape index (κ3) is 4.17. The number of benzene rings is 4. The van der Waals surface area contributed by atoms with Gasteiger partial charge in [0.2, 0.25) is 0 Å². The van der Waals surface area contributed by atoms with Crippen LogP contribution in [0.4, 0.5) is 11.4 Å². The van der Waals surface area contributed by atoms with E-state index in [-0.39, 0.29) is 17.4 Å². The summed E-state index contributed by atoms with van der Waals surface area (Å²) in [6.07, 6.45) is 13.4. The van der Waals surface area contributed by atoms with E-state index in [2.05, 4.69) is 134 Å². The van der Waals surface area contributed by atoms with Gasteiger partial charge in [-0.2, -0.15) is 0 Å². The standard InChI is InChI=1S/C42H34N4/c1-42(2)35-19-11-9-17-31(35)33-25-34-32-18-10-12-20-37(32)46(38(34)26-36(33)42)30-23-21-29(22-24-30)41-44-39(27-13-5-3-6-14-27)43-40(45-41)28-15-7-4-8-16-28/h3-7,9-15,17-26,34,38H,8,16H2,1-2H3. The van der Waals surface area contributed by atoms with E-state index >= 15 is 0 Å². The number of allylic oxidation sites excluding steroid dienone is 6. The molecule has 9 rings (SSSR count). The van der Waals surface area contributed by atoms with Gasteiger partial charge < -0.3 is 4.90 Å². The fraction of sp³-hybridized carbons (Fsp3) is 0.167. The van der Waals surface area contributed by atoms with E-state index < -0.39 is 0 Å². The molecular weight excluding hydrogens is 560 g/mol. The van der Waals surface area contributed by atoms with Crippen molar-refractivity contribution in [2.45, 2.75) is 44.1 Å². The van der Waals surface area contributed by atoms with Gasteiger partial charge in [-0.05, 0) is 76.6 Å². The van der Waals surface area contributed by atoms with Gasteiger partial charge in [0.15, 0.2) is 17.5 Å². The summed E-state index contributed by atoms with van der Waals surface area (Å²) in [5.74, 6) is 2.44. The van der Waals surface area contributed by atoms with Crippen LogP contribution in [-0.2, 0) is 5.41 Å². The number of rotatable bonds is 4. The van der Waals surface area contributed by atoms with Crippen LogP contribution in [0.15, 0.2) is 139 Å². The van der Waals surface area contributed by atoms with Gasteiger partial charge in [0.25, 0.3) is 0 Å². The highest BCUT2D eigenvalue weighted by atomic mass is 15.2. The van der Waals surface area contributed by atoms with Crippen LogP contribution in [0.25, 0.3) is 33.9 Å². The van der Waals surface area contributed by atoms with Crippen LogP contribution in [0.1, 0.15) is 55.1 Å². The van der Waals surface area contributed by atoms with E-state index in [1.165, 1.54) is 39.2 Å². The van der Waals surface area contributed by atoms with Gasteiger partial charge in [-0.25, -0.2) is 15.0 Å². The van der Waals surface area contributed by atoms with Crippen LogP contribution in [-0.4, -0.2) is 21.0 Å². The molecule has 4 aromatic carbocycles. The van der Waals surface area contributed by atoms with Crippen LogP contribution < -0.4 is 4.90 Å². The molecule has 4 nitrogen and oxygen atoms in total. The van der Waals surface area contributed by atoms with Crippen LogP contribution >= 0.6 is 0 Å². The summed E-state index contributed by atoms with van der Waals surface area (Å²) in [5.41, 5.74) is 12.5. The molecule has 5 aromatic rings.